The van der Waals surface area contributed by atoms with Crippen molar-refractivity contribution >= 4 is 0 Å². The molecule has 1 unspecified atom stereocenters. The van der Waals surface area contributed by atoms with Gasteiger partial charge in [0.05, 0.1) is 0 Å². The molecule has 1 atom stereocenters. The molecular weight excluding hydrogens is 172 g/mol. The van der Waals surface area contributed by atoms with Gasteiger partial charge < -0.3 is 10.6 Å². The van der Waals surface area contributed by atoms with Crippen LogP contribution in [0.25, 0.3) is 0 Å². The minimum atomic E-state index is 0.370. The summed E-state index contributed by atoms with van der Waals surface area (Å²) < 4.78 is 0. The zero-order chi connectivity index (χ0) is 10.0. The summed E-state index contributed by atoms with van der Waals surface area (Å²) >= 11 is 0. The number of hydrogen-bond donors (Lipinski definition) is 1. The standard InChI is InChI=1S/C12H24N2/c1-11(13)3-8-14-9-6-12(7-10-14)4-2-5-12/h11H,2-10,13H2,1H3. The van der Waals surface area contributed by atoms with Crippen LogP contribution < -0.4 is 5.73 Å². The third-order valence-electron chi connectivity index (χ3n) is 4.23. The first-order valence-corrected chi connectivity index (χ1v) is 6.18. The maximum absolute atomic E-state index is 5.77. The summed E-state index contributed by atoms with van der Waals surface area (Å²) in [5, 5.41) is 0. The lowest BCUT2D eigenvalue weighted by molar-refractivity contribution is 0.0327. The number of rotatable bonds is 3. The highest BCUT2D eigenvalue weighted by molar-refractivity contribution is 4.92. The first kappa shape index (κ1) is 10.4. The summed E-state index contributed by atoms with van der Waals surface area (Å²) in [5.74, 6) is 0. The lowest BCUT2D eigenvalue weighted by Gasteiger charge is -2.48. The van der Waals surface area contributed by atoms with Crippen LogP contribution in [-0.4, -0.2) is 30.6 Å². The van der Waals surface area contributed by atoms with Gasteiger partial charge in [0.2, 0.25) is 0 Å². The van der Waals surface area contributed by atoms with E-state index in [9.17, 15) is 0 Å². The van der Waals surface area contributed by atoms with Gasteiger partial charge in [-0.15, -0.1) is 0 Å². The second-order valence-electron chi connectivity index (χ2n) is 5.46. The van der Waals surface area contributed by atoms with Gasteiger partial charge in [-0.1, -0.05) is 6.42 Å². The van der Waals surface area contributed by atoms with Crippen LogP contribution in [0.4, 0.5) is 0 Å². The highest BCUT2D eigenvalue weighted by Crippen LogP contribution is 2.48. The van der Waals surface area contributed by atoms with Gasteiger partial charge in [0.25, 0.3) is 0 Å². The van der Waals surface area contributed by atoms with Gasteiger partial charge in [-0.2, -0.15) is 0 Å². The van der Waals surface area contributed by atoms with Crippen molar-refractivity contribution in [3.8, 4) is 0 Å². The summed E-state index contributed by atoms with van der Waals surface area (Å²) in [6.07, 6.45) is 8.56. The van der Waals surface area contributed by atoms with Crippen molar-refractivity contribution in [3.63, 3.8) is 0 Å². The third kappa shape index (κ3) is 2.29. The van der Waals surface area contributed by atoms with Crippen molar-refractivity contribution in [2.75, 3.05) is 19.6 Å². The second-order valence-corrected chi connectivity index (χ2v) is 5.46. The minimum Gasteiger partial charge on any atom is -0.328 e. The van der Waals surface area contributed by atoms with Crippen molar-refractivity contribution in [2.45, 2.75) is 51.5 Å². The molecule has 2 fully saturated rings. The predicted molar refractivity (Wildman–Crippen MR) is 60.2 cm³/mol. The van der Waals surface area contributed by atoms with E-state index in [0.29, 0.717) is 6.04 Å². The van der Waals surface area contributed by atoms with Crippen LogP contribution in [0.3, 0.4) is 0 Å². The van der Waals surface area contributed by atoms with E-state index in [4.69, 9.17) is 5.73 Å². The molecule has 1 saturated heterocycles. The average Bonchev–Trinajstić information content (AvgIpc) is 2.13. The van der Waals surface area contributed by atoms with Crippen molar-refractivity contribution < 1.29 is 0 Å². The molecule has 1 saturated carbocycles. The quantitative estimate of drug-likeness (QED) is 0.748. The number of hydrogen-bond acceptors (Lipinski definition) is 2. The Bertz CT molecular complexity index is 175. The molecule has 2 heteroatoms. The number of likely N-dealkylation sites (tertiary alicyclic amines) is 1. The van der Waals surface area contributed by atoms with E-state index >= 15 is 0 Å². The van der Waals surface area contributed by atoms with Crippen LogP contribution in [0.15, 0.2) is 0 Å². The molecule has 2 aliphatic rings. The van der Waals surface area contributed by atoms with E-state index in [2.05, 4.69) is 11.8 Å². The summed E-state index contributed by atoms with van der Waals surface area (Å²) in [5.41, 5.74) is 6.57. The van der Waals surface area contributed by atoms with Gasteiger partial charge >= 0.3 is 0 Å². The normalized spacial score (nSPS) is 28.7. The molecule has 2 N–H and O–H groups in total. The van der Waals surface area contributed by atoms with E-state index in [-0.39, 0.29) is 0 Å². The Morgan fingerprint density at radius 1 is 1.21 bits per heavy atom. The molecule has 0 aromatic carbocycles. The Morgan fingerprint density at radius 3 is 2.29 bits per heavy atom. The Hall–Kier alpha value is -0.0800. The lowest BCUT2D eigenvalue weighted by Crippen LogP contribution is -2.44. The molecular formula is C12H24N2. The molecule has 0 aromatic heterocycles. The molecule has 0 radical (unpaired) electrons. The number of piperidine rings is 1. The van der Waals surface area contributed by atoms with Gasteiger partial charge in [0, 0.05) is 6.04 Å². The fraction of sp³-hybridized carbons (Fsp3) is 1.00. The summed E-state index contributed by atoms with van der Waals surface area (Å²) in [6.45, 7) is 5.98. The van der Waals surface area contributed by atoms with E-state index in [1.807, 2.05) is 0 Å². The first-order chi connectivity index (χ1) is 6.70. The van der Waals surface area contributed by atoms with E-state index in [1.54, 1.807) is 0 Å². The highest BCUT2D eigenvalue weighted by atomic mass is 15.1. The SMILES string of the molecule is CC(N)CCN1CCC2(CCC2)CC1. The molecule has 0 bridgehead atoms. The van der Waals surface area contributed by atoms with Crippen LogP contribution >= 0.6 is 0 Å². The van der Waals surface area contributed by atoms with Gasteiger partial charge in [-0.3, -0.25) is 0 Å². The molecule has 2 nitrogen and oxygen atoms in total. The fourth-order valence-electron chi connectivity index (χ4n) is 2.81. The van der Waals surface area contributed by atoms with Gasteiger partial charge in [0.1, 0.15) is 0 Å². The maximum atomic E-state index is 5.77. The maximum Gasteiger partial charge on any atom is 0.00226 e. The van der Waals surface area contributed by atoms with Gasteiger partial charge in [-0.25, -0.2) is 0 Å². The zero-order valence-electron chi connectivity index (χ0n) is 9.47. The minimum absolute atomic E-state index is 0.370. The molecule has 82 valence electrons. The van der Waals surface area contributed by atoms with Crippen molar-refractivity contribution in [3.05, 3.63) is 0 Å². The Morgan fingerprint density at radius 2 is 1.86 bits per heavy atom. The number of nitrogens with two attached hydrogens (primary N) is 1. The molecule has 2 rings (SSSR count). The highest BCUT2D eigenvalue weighted by Gasteiger charge is 2.39. The summed E-state index contributed by atoms with van der Waals surface area (Å²) in [7, 11) is 0. The lowest BCUT2D eigenvalue weighted by atomic mass is 9.63. The summed E-state index contributed by atoms with van der Waals surface area (Å²) in [6, 6.07) is 0.370. The van der Waals surface area contributed by atoms with Crippen LogP contribution in [0.1, 0.15) is 45.4 Å². The van der Waals surface area contributed by atoms with Crippen molar-refractivity contribution in [1.29, 1.82) is 0 Å². The van der Waals surface area contributed by atoms with E-state index < -0.39 is 0 Å². The smallest absolute Gasteiger partial charge is 0.00226 e. The molecule has 1 heterocycles. The van der Waals surface area contributed by atoms with Gasteiger partial charge in [0.15, 0.2) is 0 Å². The van der Waals surface area contributed by atoms with Crippen molar-refractivity contribution in [2.24, 2.45) is 11.1 Å². The molecule has 1 spiro atoms. The average molecular weight is 196 g/mol. The van der Waals surface area contributed by atoms with E-state index in [1.165, 1.54) is 51.7 Å². The summed E-state index contributed by atoms with van der Waals surface area (Å²) in [4.78, 5) is 2.60. The fourth-order valence-corrected chi connectivity index (χ4v) is 2.81. The van der Waals surface area contributed by atoms with Gasteiger partial charge in [-0.05, 0) is 64.1 Å². The first-order valence-electron chi connectivity index (χ1n) is 6.18. The van der Waals surface area contributed by atoms with Crippen LogP contribution in [0.5, 0.6) is 0 Å². The van der Waals surface area contributed by atoms with Crippen LogP contribution in [-0.2, 0) is 0 Å². The molecule has 1 aliphatic heterocycles. The molecule has 0 amide bonds. The second kappa shape index (κ2) is 4.19. The molecule has 0 aromatic rings. The zero-order valence-corrected chi connectivity index (χ0v) is 9.47. The van der Waals surface area contributed by atoms with Crippen LogP contribution in [0, 0.1) is 5.41 Å². The Kier molecular flexibility index (Phi) is 3.13. The van der Waals surface area contributed by atoms with Crippen LogP contribution in [0.2, 0.25) is 0 Å². The van der Waals surface area contributed by atoms with Crippen molar-refractivity contribution in [1.82, 2.24) is 4.90 Å². The topological polar surface area (TPSA) is 29.3 Å². The predicted octanol–water partition coefficient (Wildman–Crippen LogP) is 1.99. The Balaban J connectivity index is 1.68. The third-order valence-corrected chi connectivity index (χ3v) is 4.23. The molecule has 1 aliphatic carbocycles. The largest absolute Gasteiger partial charge is 0.328 e. The monoisotopic (exact) mass is 196 g/mol. The molecule has 14 heavy (non-hydrogen) atoms. The number of nitrogens with zero attached hydrogens (tertiary/aromatic N) is 1. The Labute approximate surface area is 87.8 Å². The van der Waals surface area contributed by atoms with E-state index in [0.717, 1.165) is 11.8 Å².